The highest BCUT2D eigenvalue weighted by Gasteiger charge is 2.36. The number of hydrogen-bond donors (Lipinski definition) is 1. The van der Waals surface area contributed by atoms with E-state index in [4.69, 9.17) is 4.74 Å². The molecule has 1 atom stereocenters. The lowest BCUT2D eigenvalue weighted by Crippen LogP contribution is -2.38. The Kier molecular flexibility index (Phi) is 4.88. The van der Waals surface area contributed by atoms with Crippen molar-refractivity contribution in [1.29, 1.82) is 0 Å². The van der Waals surface area contributed by atoms with Crippen LogP contribution in [0.15, 0.2) is 42.6 Å². The van der Waals surface area contributed by atoms with Gasteiger partial charge in [-0.15, -0.1) is 0 Å². The van der Waals surface area contributed by atoms with Gasteiger partial charge in [0.25, 0.3) is 0 Å². The minimum atomic E-state index is -1.23. The molecule has 0 bridgehead atoms. The summed E-state index contributed by atoms with van der Waals surface area (Å²) < 4.78 is 18.3. The number of nitrogens with zero attached hydrogens (tertiary/aromatic N) is 1. The van der Waals surface area contributed by atoms with Gasteiger partial charge in [0.15, 0.2) is 0 Å². The van der Waals surface area contributed by atoms with Gasteiger partial charge >= 0.3 is 5.97 Å². The van der Waals surface area contributed by atoms with Crippen LogP contribution < -0.4 is 0 Å². The number of halogens is 1. The van der Waals surface area contributed by atoms with Gasteiger partial charge in [0.2, 0.25) is 0 Å². The number of aliphatic hydroxyl groups excluding tert-OH is 1. The first-order valence-electron chi connectivity index (χ1n) is 6.91. The van der Waals surface area contributed by atoms with E-state index in [2.05, 4.69) is 4.98 Å². The Morgan fingerprint density at radius 2 is 2.00 bits per heavy atom. The molecular formula is C17H18FNO3. The van der Waals surface area contributed by atoms with Gasteiger partial charge in [-0.3, -0.25) is 9.78 Å². The standard InChI is InChI=1S/C17H18FNO3/c1-12-9-13(7-8-19-12)10-22-16(21)17(2,11-20)14-3-5-15(18)6-4-14/h3-9,20H,10-11H2,1-2H3. The van der Waals surface area contributed by atoms with E-state index in [0.717, 1.165) is 11.3 Å². The number of rotatable bonds is 5. The number of benzene rings is 1. The zero-order valence-electron chi connectivity index (χ0n) is 12.5. The van der Waals surface area contributed by atoms with Crippen molar-refractivity contribution < 1.29 is 19.0 Å². The molecule has 0 aliphatic rings. The Morgan fingerprint density at radius 1 is 1.32 bits per heavy atom. The highest BCUT2D eigenvalue weighted by Crippen LogP contribution is 2.25. The van der Waals surface area contributed by atoms with Crippen LogP contribution in [0.5, 0.6) is 0 Å². The largest absolute Gasteiger partial charge is 0.460 e. The van der Waals surface area contributed by atoms with Gasteiger partial charge < -0.3 is 9.84 Å². The van der Waals surface area contributed by atoms with E-state index in [1.54, 1.807) is 19.2 Å². The summed E-state index contributed by atoms with van der Waals surface area (Å²) in [6, 6.07) is 9.04. The van der Waals surface area contributed by atoms with Crippen LogP contribution in [0.4, 0.5) is 4.39 Å². The number of aromatic nitrogens is 1. The maximum Gasteiger partial charge on any atom is 0.318 e. The highest BCUT2D eigenvalue weighted by molar-refractivity contribution is 5.82. The monoisotopic (exact) mass is 303 g/mol. The number of aliphatic hydroxyl groups is 1. The third-order valence-electron chi connectivity index (χ3n) is 3.58. The van der Waals surface area contributed by atoms with Crippen molar-refractivity contribution in [3.05, 3.63) is 65.2 Å². The van der Waals surface area contributed by atoms with Gasteiger partial charge in [-0.1, -0.05) is 12.1 Å². The SMILES string of the molecule is Cc1cc(COC(=O)C(C)(CO)c2ccc(F)cc2)ccn1. The quantitative estimate of drug-likeness (QED) is 0.862. The summed E-state index contributed by atoms with van der Waals surface area (Å²) in [4.78, 5) is 16.4. The van der Waals surface area contributed by atoms with E-state index in [-0.39, 0.29) is 6.61 Å². The van der Waals surface area contributed by atoms with Crippen LogP contribution in [0.3, 0.4) is 0 Å². The van der Waals surface area contributed by atoms with Crippen LogP contribution >= 0.6 is 0 Å². The molecule has 0 spiro atoms. The predicted octanol–water partition coefficient (Wildman–Crippen LogP) is 2.52. The van der Waals surface area contributed by atoms with Crippen molar-refractivity contribution in [1.82, 2.24) is 4.98 Å². The first kappa shape index (κ1) is 16.1. The summed E-state index contributed by atoms with van der Waals surface area (Å²) in [6.45, 7) is 3.09. The molecule has 0 amide bonds. The van der Waals surface area contributed by atoms with Gasteiger partial charge in [-0.2, -0.15) is 0 Å². The maximum absolute atomic E-state index is 13.0. The average Bonchev–Trinajstić information content (AvgIpc) is 2.52. The fraction of sp³-hybridized carbons (Fsp3) is 0.294. The highest BCUT2D eigenvalue weighted by atomic mass is 19.1. The van der Waals surface area contributed by atoms with Crippen LogP contribution in [-0.2, 0) is 21.6 Å². The molecule has 5 heteroatoms. The van der Waals surface area contributed by atoms with E-state index < -0.39 is 23.8 Å². The van der Waals surface area contributed by atoms with Crippen molar-refractivity contribution in [2.45, 2.75) is 25.9 Å². The molecule has 4 nitrogen and oxygen atoms in total. The van der Waals surface area contributed by atoms with Crippen LogP contribution in [0.2, 0.25) is 0 Å². The first-order valence-corrected chi connectivity index (χ1v) is 6.91. The number of carbonyl (C=O) groups is 1. The van der Waals surface area contributed by atoms with Crippen LogP contribution in [0, 0.1) is 12.7 Å². The fourth-order valence-corrected chi connectivity index (χ4v) is 2.09. The van der Waals surface area contributed by atoms with Crippen LogP contribution in [0.1, 0.15) is 23.7 Å². The predicted molar refractivity (Wildman–Crippen MR) is 79.6 cm³/mol. The van der Waals surface area contributed by atoms with Crippen molar-refractivity contribution in [2.75, 3.05) is 6.61 Å². The molecule has 0 aliphatic heterocycles. The lowest BCUT2D eigenvalue weighted by atomic mass is 9.83. The van der Waals surface area contributed by atoms with Crippen molar-refractivity contribution in [3.8, 4) is 0 Å². The minimum Gasteiger partial charge on any atom is -0.460 e. The molecule has 116 valence electrons. The molecule has 0 saturated heterocycles. The second-order valence-corrected chi connectivity index (χ2v) is 5.38. The van der Waals surface area contributed by atoms with E-state index in [1.165, 1.54) is 24.3 Å². The number of esters is 1. The average molecular weight is 303 g/mol. The summed E-state index contributed by atoms with van der Waals surface area (Å²) in [7, 11) is 0. The molecule has 1 heterocycles. The lowest BCUT2D eigenvalue weighted by molar-refractivity contribution is -0.153. The molecule has 2 aromatic rings. The zero-order valence-corrected chi connectivity index (χ0v) is 12.5. The minimum absolute atomic E-state index is 0.0962. The van der Waals surface area contributed by atoms with Crippen molar-refractivity contribution in [2.24, 2.45) is 0 Å². The fourth-order valence-electron chi connectivity index (χ4n) is 2.09. The van der Waals surface area contributed by atoms with Crippen LogP contribution in [0.25, 0.3) is 0 Å². The Balaban J connectivity index is 2.12. The van der Waals surface area contributed by atoms with E-state index in [1.807, 2.05) is 13.0 Å². The lowest BCUT2D eigenvalue weighted by Gasteiger charge is -2.25. The van der Waals surface area contributed by atoms with Gasteiger partial charge in [0, 0.05) is 11.9 Å². The normalized spacial score (nSPS) is 13.5. The first-order chi connectivity index (χ1) is 10.5. The summed E-state index contributed by atoms with van der Waals surface area (Å²) in [5.41, 5.74) is 0.931. The molecule has 1 N–H and O–H groups in total. The molecule has 1 aromatic heterocycles. The Bertz CT molecular complexity index is 657. The van der Waals surface area contributed by atoms with Crippen LogP contribution in [-0.4, -0.2) is 22.7 Å². The topological polar surface area (TPSA) is 59.4 Å². The summed E-state index contributed by atoms with van der Waals surface area (Å²) in [6.07, 6.45) is 1.64. The molecule has 2 rings (SSSR count). The van der Waals surface area contributed by atoms with E-state index in [0.29, 0.717) is 5.56 Å². The van der Waals surface area contributed by atoms with Gasteiger partial charge in [-0.25, -0.2) is 4.39 Å². The van der Waals surface area contributed by atoms with Gasteiger partial charge in [0.1, 0.15) is 17.8 Å². The Morgan fingerprint density at radius 3 is 2.59 bits per heavy atom. The van der Waals surface area contributed by atoms with E-state index >= 15 is 0 Å². The van der Waals surface area contributed by atoms with E-state index in [9.17, 15) is 14.3 Å². The molecule has 1 aromatic carbocycles. The number of ether oxygens (including phenoxy) is 1. The molecule has 0 aliphatic carbocycles. The number of carbonyl (C=O) groups excluding carboxylic acids is 1. The molecule has 1 unspecified atom stereocenters. The second kappa shape index (κ2) is 6.66. The smallest absolute Gasteiger partial charge is 0.318 e. The summed E-state index contributed by atoms with van der Waals surface area (Å²) >= 11 is 0. The molecule has 0 fully saturated rings. The molecule has 0 saturated carbocycles. The van der Waals surface area contributed by atoms with Gasteiger partial charge in [0.05, 0.1) is 6.61 Å². The third-order valence-corrected chi connectivity index (χ3v) is 3.58. The molecule has 0 radical (unpaired) electrons. The molecular weight excluding hydrogens is 285 g/mol. The summed E-state index contributed by atoms with van der Waals surface area (Å²) in [5.74, 6) is -0.958. The third kappa shape index (κ3) is 3.49. The Labute approximate surface area is 128 Å². The number of pyridine rings is 1. The summed E-state index contributed by atoms with van der Waals surface area (Å²) in [5, 5.41) is 9.62. The Hall–Kier alpha value is -2.27. The second-order valence-electron chi connectivity index (χ2n) is 5.38. The molecule has 22 heavy (non-hydrogen) atoms. The number of aryl methyl sites for hydroxylation is 1. The van der Waals surface area contributed by atoms with Crippen molar-refractivity contribution in [3.63, 3.8) is 0 Å². The zero-order chi connectivity index (χ0) is 16.2. The number of hydrogen-bond acceptors (Lipinski definition) is 4. The van der Waals surface area contributed by atoms with Gasteiger partial charge in [-0.05, 0) is 49.2 Å². The maximum atomic E-state index is 13.0. The van der Waals surface area contributed by atoms with Crippen molar-refractivity contribution >= 4 is 5.97 Å².